The zero-order valence-electron chi connectivity index (χ0n) is 17.7. The first-order chi connectivity index (χ1) is 14.7. The number of aromatic nitrogens is 3. The number of rotatable bonds is 7. The van der Waals surface area contributed by atoms with Crippen LogP contribution in [0.25, 0.3) is 0 Å². The van der Waals surface area contributed by atoms with Crippen molar-refractivity contribution < 1.29 is 4.74 Å². The van der Waals surface area contributed by atoms with Gasteiger partial charge in [0.05, 0.1) is 19.0 Å². The lowest BCUT2D eigenvalue weighted by Crippen LogP contribution is -2.47. The molecule has 2 aromatic carbocycles. The Balaban J connectivity index is 1.40. The molecule has 0 radical (unpaired) electrons. The summed E-state index contributed by atoms with van der Waals surface area (Å²) in [5, 5.41) is 4.81. The van der Waals surface area contributed by atoms with Gasteiger partial charge in [0.2, 0.25) is 0 Å². The minimum Gasteiger partial charge on any atom is -0.492 e. The van der Waals surface area contributed by atoms with Crippen molar-refractivity contribution in [3.8, 4) is 5.75 Å². The Morgan fingerprint density at radius 1 is 0.967 bits per heavy atom. The molecule has 0 atom stereocenters. The van der Waals surface area contributed by atoms with Crippen LogP contribution in [0, 0.1) is 4.77 Å². The Kier molecular flexibility index (Phi) is 6.50. The third kappa shape index (κ3) is 4.57. The fourth-order valence-corrected chi connectivity index (χ4v) is 4.08. The molecule has 0 bridgehead atoms. The highest BCUT2D eigenvalue weighted by Crippen LogP contribution is 2.28. The topological polar surface area (TPSA) is 38.5 Å². The third-order valence-corrected chi connectivity index (χ3v) is 6.03. The fourth-order valence-electron chi connectivity index (χ4n) is 3.87. The van der Waals surface area contributed by atoms with E-state index in [0.29, 0.717) is 6.61 Å². The summed E-state index contributed by atoms with van der Waals surface area (Å²) in [6, 6.07) is 18.7. The van der Waals surface area contributed by atoms with Crippen molar-refractivity contribution in [2.75, 3.05) is 37.7 Å². The van der Waals surface area contributed by atoms with E-state index in [0.717, 1.165) is 55.6 Å². The quantitative estimate of drug-likeness (QED) is 0.542. The maximum absolute atomic E-state index is 5.81. The van der Waals surface area contributed by atoms with Crippen LogP contribution in [0.2, 0.25) is 0 Å². The fraction of sp³-hybridized carbons (Fsp3) is 0.391. The number of nitrogens with zero attached hydrogens (tertiary/aromatic N) is 5. The van der Waals surface area contributed by atoms with Gasteiger partial charge >= 0.3 is 0 Å². The summed E-state index contributed by atoms with van der Waals surface area (Å²) < 4.78 is 10.6. The van der Waals surface area contributed by atoms with Crippen LogP contribution < -0.4 is 9.64 Å². The number of para-hydroxylation sites is 2. The van der Waals surface area contributed by atoms with E-state index >= 15 is 0 Å². The lowest BCUT2D eigenvalue weighted by atomic mass is 10.1. The summed E-state index contributed by atoms with van der Waals surface area (Å²) in [5.74, 6) is 1.96. The molecule has 3 aromatic rings. The molecule has 0 saturated carbocycles. The normalized spacial score (nSPS) is 14.8. The van der Waals surface area contributed by atoms with Gasteiger partial charge in [-0.3, -0.25) is 4.90 Å². The van der Waals surface area contributed by atoms with Crippen LogP contribution in [0.1, 0.15) is 18.3 Å². The molecule has 1 aliphatic rings. The summed E-state index contributed by atoms with van der Waals surface area (Å²) in [6.07, 6.45) is 0.788. The molecule has 2 heterocycles. The average molecular weight is 424 g/mol. The number of benzene rings is 2. The van der Waals surface area contributed by atoms with Gasteiger partial charge in [0.15, 0.2) is 4.77 Å². The van der Waals surface area contributed by atoms with Crippen LogP contribution >= 0.6 is 12.2 Å². The molecule has 0 unspecified atom stereocenters. The highest BCUT2D eigenvalue weighted by atomic mass is 32.1. The van der Waals surface area contributed by atoms with E-state index in [2.05, 4.69) is 46.2 Å². The molecule has 30 heavy (non-hydrogen) atoms. The molecule has 1 fully saturated rings. The van der Waals surface area contributed by atoms with E-state index in [1.54, 1.807) is 0 Å². The number of piperazine rings is 1. The monoisotopic (exact) mass is 423 g/mol. The predicted octanol–water partition coefficient (Wildman–Crippen LogP) is 3.72. The second-order valence-electron chi connectivity index (χ2n) is 7.57. The molecule has 0 spiro atoms. The predicted molar refractivity (Wildman–Crippen MR) is 123 cm³/mol. The van der Waals surface area contributed by atoms with E-state index in [1.165, 1.54) is 11.3 Å². The molecule has 6 nitrogen and oxygen atoms in total. The molecule has 7 heteroatoms. The summed E-state index contributed by atoms with van der Waals surface area (Å²) >= 11 is 5.65. The summed E-state index contributed by atoms with van der Waals surface area (Å²) in [4.78, 5) is 4.81. The lowest BCUT2D eigenvalue weighted by Gasteiger charge is -2.36. The van der Waals surface area contributed by atoms with Gasteiger partial charge in [-0.15, -0.1) is 0 Å². The minimum absolute atomic E-state index is 0.681. The Bertz CT molecular complexity index is 1020. The summed E-state index contributed by atoms with van der Waals surface area (Å²) in [7, 11) is 2.01. The van der Waals surface area contributed by atoms with Crippen molar-refractivity contribution >= 4 is 17.9 Å². The number of hydrogen-bond donors (Lipinski definition) is 0. The minimum atomic E-state index is 0.681. The molecular weight excluding hydrogens is 394 g/mol. The first-order valence-electron chi connectivity index (χ1n) is 10.5. The van der Waals surface area contributed by atoms with Crippen molar-refractivity contribution in [1.82, 2.24) is 19.2 Å². The van der Waals surface area contributed by atoms with E-state index in [1.807, 2.05) is 41.4 Å². The largest absolute Gasteiger partial charge is 0.492 e. The molecule has 158 valence electrons. The Hall–Kier alpha value is -2.64. The van der Waals surface area contributed by atoms with Crippen molar-refractivity contribution in [2.24, 2.45) is 7.05 Å². The Morgan fingerprint density at radius 2 is 1.67 bits per heavy atom. The molecule has 1 saturated heterocycles. The van der Waals surface area contributed by atoms with Gasteiger partial charge in [-0.25, -0.2) is 4.68 Å². The van der Waals surface area contributed by atoms with Crippen LogP contribution in [0.15, 0.2) is 54.6 Å². The molecule has 0 amide bonds. The third-order valence-electron chi connectivity index (χ3n) is 5.55. The number of anilines is 1. The first-order valence-corrected chi connectivity index (χ1v) is 10.9. The maximum Gasteiger partial charge on any atom is 0.198 e. The second-order valence-corrected chi connectivity index (χ2v) is 7.93. The van der Waals surface area contributed by atoms with Gasteiger partial charge in [-0.2, -0.15) is 5.10 Å². The van der Waals surface area contributed by atoms with Gasteiger partial charge in [0, 0.05) is 39.6 Å². The molecular formula is C23H29N5OS. The maximum atomic E-state index is 5.81. The highest BCUT2D eigenvalue weighted by molar-refractivity contribution is 7.71. The summed E-state index contributed by atoms with van der Waals surface area (Å²) in [6.45, 7) is 7.28. The van der Waals surface area contributed by atoms with E-state index in [-0.39, 0.29) is 0 Å². The van der Waals surface area contributed by atoms with Gasteiger partial charge in [0.25, 0.3) is 0 Å². The van der Waals surface area contributed by atoms with Crippen molar-refractivity contribution in [2.45, 2.75) is 20.0 Å². The van der Waals surface area contributed by atoms with Gasteiger partial charge in [-0.05, 0) is 36.8 Å². The van der Waals surface area contributed by atoms with Gasteiger partial charge in [0.1, 0.15) is 11.6 Å². The average Bonchev–Trinajstić information content (AvgIpc) is 3.03. The smallest absolute Gasteiger partial charge is 0.198 e. The molecule has 0 N–H and O–H groups in total. The van der Waals surface area contributed by atoms with Crippen LogP contribution in [0.4, 0.5) is 5.69 Å². The van der Waals surface area contributed by atoms with Gasteiger partial charge < -0.3 is 14.2 Å². The molecule has 1 aromatic heterocycles. The molecule has 4 rings (SSSR count). The Labute approximate surface area is 183 Å². The SMILES string of the molecule is CCOc1ccccc1N1CCN(Cn2nc(Cc3ccccc3)n(C)c2=S)CC1. The zero-order valence-corrected chi connectivity index (χ0v) is 18.5. The van der Waals surface area contributed by atoms with Crippen LogP contribution in [0.3, 0.4) is 0 Å². The standard InChI is InChI=1S/C23H29N5OS/c1-3-29-21-12-8-7-11-20(21)27-15-13-26(14-16-27)18-28-23(30)25(2)22(24-28)17-19-9-5-4-6-10-19/h4-12H,3,13-18H2,1-2H3. The van der Waals surface area contributed by atoms with E-state index in [9.17, 15) is 0 Å². The molecule has 0 aliphatic carbocycles. The molecule has 1 aliphatic heterocycles. The van der Waals surface area contributed by atoms with Crippen LogP contribution in [-0.4, -0.2) is 52.0 Å². The zero-order chi connectivity index (χ0) is 20.9. The van der Waals surface area contributed by atoms with Crippen LogP contribution in [0.5, 0.6) is 5.75 Å². The van der Waals surface area contributed by atoms with E-state index < -0.39 is 0 Å². The first kappa shape index (κ1) is 20.6. The number of hydrogen-bond acceptors (Lipinski definition) is 5. The second kappa shape index (κ2) is 9.45. The van der Waals surface area contributed by atoms with Crippen LogP contribution in [-0.2, 0) is 20.1 Å². The van der Waals surface area contributed by atoms with Crippen molar-refractivity contribution in [3.05, 3.63) is 70.8 Å². The van der Waals surface area contributed by atoms with Crippen molar-refractivity contribution in [3.63, 3.8) is 0 Å². The Morgan fingerprint density at radius 3 is 2.40 bits per heavy atom. The lowest BCUT2D eigenvalue weighted by molar-refractivity contribution is 0.193. The summed E-state index contributed by atoms with van der Waals surface area (Å²) in [5.41, 5.74) is 2.42. The highest BCUT2D eigenvalue weighted by Gasteiger charge is 2.21. The van der Waals surface area contributed by atoms with Gasteiger partial charge in [-0.1, -0.05) is 42.5 Å². The van der Waals surface area contributed by atoms with E-state index in [4.69, 9.17) is 22.1 Å². The number of ether oxygens (including phenoxy) is 1. The van der Waals surface area contributed by atoms with Crippen molar-refractivity contribution in [1.29, 1.82) is 0 Å².